The molecular formula is C21H18FN5OS2. The Balaban J connectivity index is 1.42. The minimum atomic E-state index is -0.326. The normalized spacial score (nSPS) is 11.0. The molecule has 2 aromatic carbocycles. The maximum absolute atomic E-state index is 13.3. The fourth-order valence-electron chi connectivity index (χ4n) is 2.88. The van der Waals surface area contributed by atoms with Gasteiger partial charge in [0.15, 0.2) is 10.3 Å². The highest BCUT2D eigenvalue weighted by atomic mass is 32.2. The van der Waals surface area contributed by atoms with Crippen LogP contribution in [0.2, 0.25) is 0 Å². The molecule has 1 amide bonds. The van der Waals surface area contributed by atoms with E-state index >= 15 is 0 Å². The van der Waals surface area contributed by atoms with E-state index in [-0.39, 0.29) is 17.5 Å². The number of fused-ring (bicyclic) bond motifs is 1. The number of aromatic nitrogens is 4. The van der Waals surface area contributed by atoms with E-state index in [0.717, 1.165) is 11.4 Å². The minimum absolute atomic E-state index is 0.158. The van der Waals surface area contributed by atoms with Crippen molar-refractivity contribution in [2.45, 2.75) is 18.1 Å². The first kappa shape index (κ1) is 20.2. The Labute approximate surface area is 180 Å². The predicted octanol–water partition coefficient (Wildman–Crippen LogP) is 4.53. The van der Waals surface area contributed by atoms with E-state index in [1.807, 2.05) is 34.9 Å². The number of hydrogen-bond donors (Lipinski definition) is 1. The van der Waals surface area contributed by atoms with Gasteiger partial charge in [-0.05, 0) is 23.8 Å². The zero-order valence-electron chi connectivity index (χ0n) is 15.9. The number of hydrogen-bond acceptors (Lipinski definition) is 6. The lowest BCUT2D eigenvalue weighted by molar-refractivity contribution is -0.113. The van der Waals surface area contributed by atoms with E-state index in [1.54, 1.807) is 12.1 Å². The van der Waals surface area contributed by atoms with E-state index < -0.39 is 0 Å². The molecule has 0 atom stereocenters. The molecular weight excluding hydrogens is 421 g/mol. The van der Waals surface area contributed by atoms with Crippen molar-refractivity contribution in [3.63, 3.8) is 0 Å². The predicted molar refractivity (Wildman–Crippen MR) is 118 cm³/mol. The molecule has 0 aliphatic rings. The monoisotopic (exact) mass is 439 g/mol. The zero-order chi connectivity index (χ0) is 20.9. The smallest absolute Gasteiger partial charge is 0.236 e. The van der Waals surface area contributed by atoms with Gasteiger partial charge in [-0.15, -0.1) is 16.8 Å². The molecule has 1 N–H and O–H groups in total. The fourth-order valence-corrected chi connectivity index (χ4v) is 4.56. The first-order chi connectivity index (χ1) is 14.6. The van der Waals surface area contributed by atoms with Gasteiger partial charge in [-0.1, -0.05) is 59.5 Å². The molecule has 0 spiro atoms. The molecule has 0 aliphatic heterocycles. The molecule has 9 heteroatoms. The van der Waals surface area contributed by atoms with E-state index in [1.165, 1.54) is 35.2 Å². The number of carbonyl (C=O) groups is 1. The van der Waals surface area contributed by atoms with Crippen LogP contribution in [0.4, 0.5) is 9.52 Å². The molecule has 0 bridgehead atoms. The number of nitrogens with zero attached hydrogens (tertiary/aromatic N) is 4. The first-order valence-corrected chi connectivity index (χ1v) is 11.0. The lowest BCUT2D eigenvalue weighted by Crippen LogP contribution is -2.14. The van der Waals surface area contributed by atoms with Crippen molar-refractivity contribution in [2.75, 3.05) is 11.1 Å². The lowest BCUT2D eigenvalue weighted by atomic mass is 10.1. The molecule has 30 heavy (non-hydrogen) atoms. The van der Waals surface area contributed by atoms with Crippen LogP contribution < -0.4 is 5.32 Å². The summed E-state index contributed by atoms with van der Waals surface area (Å²) < 4.78 is 16.0. The highest BCUT2D eigenvalue weighted by Gasteiger charge is 2.15. The van der Waals surface area contributed by atoms with E-state index in [9.17, 15) is 9.18 Å². The number of thioether (sulfide) groups is 1. The molecule has 0 aliphatic carbocycles. The van der Waals surface area contributed by atoms with Crippen molar-refractivity contribution in [1.82, 2.24) is 19.7 Å². The minimum Gasteiger partial charge on any atom is -0.302 e. The standard InChI is InChI=1S/C21H18FN5OS2/c1-2-10-27-18(11-14-6-4-3-5-7-14)25-26-21(27)29-13-19(28)24-20-23-16-9-8-15(22)12-17(16)30-20/h2-9,12H,1,10-11,13H2,(H,23,24,28). The van der Waals surface area contributed by atoms with Gasteiger partial charge in [0, 0.05) is 13.0 Å². The Kier molecular flexibility index (Phi) is 6.20. The second-order valence-electron chi connectivity index (χ2n) is 6.43. The number of carbonyl (C=O) groups excluding carboxylic acids is 1. The molecule has 0 unspecified atom stereocenters. The molecule has 2 aromatic heterocycles. The maximum Gasteiger partial charge on any atom is 0.236 e. The summed E-state index contributed by atoms with van der Waals surface area (Å²) in [5.41, 5.74) is 1.79. The largest absolute Gasteiger partial charge is 0.302 e. The average Bonchev–Trinajstić information content (AvgIpc) is 3.30. The summed E-state index contributed by atoms with van der Waals surface area (Å²) in [6, 6.07) is 14.4. The van der Waals surface area contributed by atoms with Crippen LogP contribution in [0, 0.1) is 5.82 Å². The summed E-state index contributed by atoms with van der Waals surface area (Å²) in [5, 5.41) is 12.4. The van der Waals surface area contributed by atoms with E-state index in [2.05, 4.69) is 27.1 Å². The van der Waals surface area contributed by atoms with Crippen LogP contribution >= 0.6 is 23.1 Å². The van der Waals surface area contributed by atoms with Gasteiger partial charge in [-0.25, -0.2) is 9.37 Å². The third-order valence-corrected chi connectivity index (χ3v) is 6.14. The zero-order valence-corrected chi connectivity index (χ0v) is 17.5. The van der Waals surface area contributed by atoms with Gasteiger partial charge >= 0.3 is 0 Å². The Morgan fingerprint density at radius 2 is 2.07 bits per heavy atom. The van der Waals surface area contributed by atoms with Crippen molar-refractivity contribution < 1.29 is 9.18 Å². The number of allylic oxidation sites excluding steroid dienone is 1. The molecule has 0 radical (unpaired) electrons. The summed E-state index contributed by atoms with van der Waals surface area (Å²) in [5.74, 6) is 0.437. The van der Waals surface area contributed by atoms with Crippen LogP contribution in [0.1, 0.15) is 11.4 Å². The molecule has 4 rings (SSSR count). The summed E-state index contributed by atoms with van der Waals surface area (Å²) >= 11 is 2.54. The van der Waals surface area contributed by atoms with Crippen LogP contribution in [0.25, 0.3) is 10.2 Å². The lowest BCUT2D eigenvalue weighted by Gasteiger charge is -2.07. The summed E-state index contributed by atoms with van der Waals surface area (Å²) in [4.78, 5) is 16.7. The molecule has 4 aromatic rings. The van der Waals surface area contributed by atoms with Gasteiger partial charge in [0.1, 0.15) is 11.6 Å². The number of thiazole rings is 1. The second-order valence-corrected chi connectivity index (χ2v) is 8.40. The SMILES string of the molecule is C=CCn1c(Cc2ccccc2)nnc1SCC(=O)Nc1nc2ccc(F)cc2s1. The number of benzene rings is 2. The average molecular weight is 440 g/mol. The van der Waals surface area contributed by atoms with E-state index in [0.29, 0.717) is 33.5 Å². The molecule has 152 valence electrons. The van der Waals surface area contributed by atoms with Crippen LogP contribution in [0.15, 0.2) is 66.3 Å². The summed E-state index contributed by atoms with van der Waals surface area (Å²) in [6.07, 6.45) is 2.43. The quantitative estimate of drug-likeness (QED) is 0.322. The van der Waals surface area contributed by atoms with Gasteiger partial charge in [-0.2, -0.15) is 0 Å². The fraction of sp³-hybridized carbons (Fsp3) is 0.143. The highest BCUT2D eigenvalue weighted by molar-refractivity contribution is 7.99. The van der Waals surface area contributed by atoms with Crippen molar-refractivity contribution in [3.05, 3.63) is 78.4 Å². The van der Waals surface area contributed by atoms with Crippen LogP contribution in [0.3, 0.4) is 0 Å². The number of amides is 1. The van der Waals surface area contributed by atoms with E-state index in [4.69, 9.17) is 0 Å². The third kappa shape index (κ3) is 4.74. The molecule has 0 saturated heterocycles. The van der Waals surface area contributed by atoms with Crippen molar-refractivity contribution in [1.29, 1.82) is 0 Å². The van der Waals surface area contributed by atoms with Gasteiger partial charge in [0.25, 0.3) is 0 Å². The highest BCUT2D eigenvalue weighted by Crippen LogP contribution is 2.27. The topological polar surface area (TPSA) is 72.7 Å². The van der Waals surface area contributed by atoms with Gasteiger partial charge in [-0.3, -0.25) is 4.79 Å². The Morgan fingerprint density at radius 3 is 2.87 bits per heavy atom. The van der Waals surface area contributed by atoms with Gasteiger partial charge < -0.3 is 9.88 Å². The Hall–Kier alpha value is -3.04. The first-order valence-electron chi connectivity index (χ1n) is 9.18. The second kappa shape index (κ2) is 9.19. The molecule has 2 heterocycles. The van der Waals surface area contributed by atoms with Crippen LogP contribution in [-0.2, 0) is 17.8 Å². The molecule has 0 saturated carbocycles. The van der Waals surface area contributed by atoms with Crippen LogP contribution in [-0.4, -0.2) is 31.4 Å². The third-order valence-electron chi connectivity index (χ3n) is 4.24. The van der Waals surface area contributed by atoms with Crippen LogP contribution in [0.5, 0.6) is 0 Å². The summed E-state index contributed by atoms with van der Waals surface area (Å²) in [7, 11) is 0. The molecule has 0 fully saturated rings. The Bertz CT molecular complexity index is 1190. The van der Waals surface area contributed by atoms with Crippen molar-refractivity contribution >= 4 is 44.4 Å². The number of nitrogens with one attached hydrogen (secondary N) is 1. The number of halogens is 1. The van der Waals surface area contributed by atoms with Crippen molar-refractivity contribution in [2.24, 2.45) is 0 Å². The molecule has 6 nitrogen and oxygen atoms in total. The van der Waals surface area contributed by atoms with Gasteiger partial charge in [0.2, 0.25) is 5.91 Å². The number of anilines is 1. The Morgan fingerprint density at radius 1 is 1.23 bits per heavy atom. The maximum atomic E-state index is 13.3. The van der Waals surface area contributed by atoms with Gasteiger partial charge in [0.05, 0.1) is 16.0 Å². The van der Waals surface area contributed by atoms with Crippen molar-refractivity contribution in [3.8, 4) is 0 Å². The summed E-state index contributed by atoms with van der Waals surface area (Å²) in [6.45, 7) is 4.36. The number of rotatable bonds is 8.